The first kappa shape index (κ1) is 22.2. The molecule has 0 aliphatic carbocycles. The molecular formula is C25H26FN3O2S. The van der Waals surface area contributed by atoms with Crippen molar-refractivity contribution in [3.63, 3.8) is 0 Å². The van der Waals surface area contributed by atoms with Crippen molar-refractivity contribution in [2.75, 3.05) is 38.1 Å². The molecule has 0 spiro atoms. The monoisotopic (exact) mass is 451 g/mol. The van der Waals surface area contributed by atoms with E-state index < -0.39 is 0 Å². The van der Waals surface area contributed by atoms with E-state index in [-0.39, 0.29) is 24.2 Å². The van der Waals surface area contributed by atoms with Crippen LogP contribution in [-0.2, 0) is 17.8 Å². The quantitative estimate of drug-likeness (QED) is 0.568. The van der Waals surface area contributed by atoms with Gasteiger partial charge in [-0.2, -0.15) is 0 Å². The lowest BCUT2D eigenvalue weighted by atomic mass is 10.1. The predicted octanol–water partition coefficient (Wildman–Crippen LogP) is 4.05. The molecule has 0 radical (unpaired) electrons. The maximum Gasteiger partial charge on any atom is 0.268 e. The molecule has 5 nitrogen and oxygen atoms in total. The van der Waals surface area contributed by atoms with Crippen LogP contribution in [0.3, 0.4) is 0 Å². The molecule has 0 atom stereocenters. The Bertz CT molecular complexity index is 1060. The fraction of sp³-hybridized carbons (Fsp3) is 0.280. The van der Waals surface area contributed by atoms with E-state index >= 15 is 0 Å². The summed E-state index contributed by atoms with van der Waals surface area (Å²) in [5.74, 6) is -0.341. The van der Waals surface area contributed by atoms with Crippen molar-refractivity contribution in [1.29, 1.82) is 0 Å². The summed E-state index contributed by atoms with van der Waals surface area (Å²) >= 11 is 1.38. The molecular weight excluding hydrogens is 425 g/mol. The highest BCUT2D eigenvalue weighted by Crippen LogP contribution is 2.23. The number of carbonyl (C=O) groups excluding carboxylic acids is 2. The molecule has 0 bridgehead atoms. The van der Waals surface area contributed by atoms with E-state index in [1.54, 1.807) is 23.1 Å². The summed E-state index contributed by atoms with van der Waals surface area (Å²) in [5.41, 5.74) is 2.33. The lowest BCUT2D eigenvalue weighted by Gasteiger charge is -2.32. The molecule has 3 aromatic rings. The zero-order chi connectivity index (χ0) is 22.5. The second-order valence-electron chi connectivity index (χ2n) is 8.03. The van der Waals surface area contributed by atoms with Crippen LogP contribution in [0.4, 0.5) is 10.1 Å². The number of benzene rings is 2. The Kier molecular flexibility index (Phi) is 6.97. The molecule has 0 saturated carbocycles. The van der Waals surface area contributed by atoms with Gasteiger partial charge in [-0.1, -0.05) is 30.3 Å². The van der Waals surface area contributed by atoms with Gasteiger partial charge >= 0.3 is 0 Å². The Hall–Kier alpha value is -3.03. The Morgan fingerprint density at radius 3 is 2.38 bits per heavy atom. The van der Waals surface area contributed by atoms with Gasteiger partial charge in [-0.25, -0.2) is 4.39 Å². The van der Waals surface area contributed by atoms with E-state index in [4.69, 9.17) is 0 Å². The standard InChI is InChI=1S/C25H26FN3O2S/c1-27-11-13-28(14-12-27)24(30)17-19-7-9-22(10-8-19)29(25(31)23-6-3-15-32-23)18-20-4-2-5-21(26)16-20/h2-10,15-16H,11-14,17-18H2,1H3. The number of thiophene rings is 1. The summed E-state index contributed by atoms with van der Waals surface area (Å²) in [6, 6.07) is 17.4. The third kappa shape index (κ3) is 5.41. The van der Waals surface area contributed by atoms with Crippen molar-refractivity contribution in [2.24, 2.45) is 0 Å². The van der Waals surface area contributed by atoms with Crippen LogP contribution in [0.2, 0.25) is 0 Å². The van der Waals surface area contributed by atoms with Crippen LogP contribution >= 0.6 is 11.3 Å². The molecule has 1 aliphatic heterocycles. The van der Waals surface area contributed by atoms with Crippen LogP contribution in [0.1, 0.15) is 20.8 Å². The van der Waals surface area contributed by atoms with Crippen molar-refractivity contribution < 1.29 is 14.0 Å². The minimum Gasteiger partial charge on any atom is -0.340 e. The Morgan fingerprint density at radius 2 is 1.72 bits per heavy atom. The fourth-order valence-corrected chi connectivity index (χ4v) is 4.44. The maximum absolute atomic E-state index is 13.7. The molecule has 1 aliphatic rings. The normalized spacial score (nSPS) is 14.4. The zero-order valence-corrected chi connectivity index (χ0v) is 18.9. The molecule has 1 fully saturated rings. The topological polar surface area (TPSA) is 43.9 Å². The van der Waals surface area contributed by atoms with E-state index in [1.165, 1.54) is 23.5 Å². The van der Waals surface area contributed by atoms with Crippen LogP contribution in [0.15, 0.2) is 66.0 Å². The van der Waals surface area contributed by atoms with E-state index in [0.717, 1.165) is 31.7 Å². The maximum atomic E-state index is 13.7. The molecule has 32 heavy (non-hydrogen) atoms. The third-order valence-corrected chi connectivity index (χ3v) is 6.52. The summed E-state index contributed by atoms with van der Waals surface area (Å²) in [5, 5.41) is 1.86. The van der Waals surface area contributed by atoms with Gasteiger partial charge in [0.15, 0.2) is 0 Å². The van der Waals surface area contributed by atoms with Gasteiger partial charge in [0, 0.05) is 31.9 Å². The minimum absolute atomic E-state index is 0.122. The molecule has 1 saturated heterocycles. The van der Waals surface area contributed by atoms with Gasteiger partial charge in [0.1, 0.15) is 5.82 Å². The van der Waals surface area contributed by atoms with Crippen molar-refractivity contribution in [1.82, 2.24) is 9.80 Å². The number of carbonyl (C=O) groups is 2. The van der Waals surface area contributed by atoms with E-state index in [9.17, 15) is 14.0 Å². The van der Waals surface area contributed by atoms with Gasteiger partial charge < -0.3 is 14.7 Å². The molecule has 0 N–H and O–H groups in total. The Labute approximate surface area is 191 Å². The summed E-state index contributed by atoms with van der Waals surface area (Å²) in [6.45, 7) is 3.55. The number of anilines is 1. The van der Waals surface area contributed by atoms with Crippen molar-refractivity contribution >= 4 is 28.8 Å². The second-order valence-corrected chi connectivity index (χ2v) is 8.97. The molecule has 166 valence electrons. The largest absolute Gasteiger partial charge is 0.340 e. The summed E-state index contributed by atoms with van der Waals surface area (Å²) in [7, 11) is 2.06. The summed E-state index contributed by atoms with van der Waals surface area (Å²) in [4.78, 5) is 32.2. The summed E-state index contributed by atoms with van der Waals surface area (Å²) < 4.78 is 13.7. The molecule has 1 aromatic heterocycles. The van der Waals surface area contributed by atoms with Gasteiger partial charge in [0.05, 0.1) is 17.8 Å². The molecule has 2 aromatic carbocycles. The number of likely N-dealkylation sites (N-methyl/N-ethyl adjacent to an activating group) is 1. The first-order chi connectivity index (χ1) is 15.5. The predicted molar refractivity (Wildman–Crippen MR) is 125 cm³/mol. The Morgan fingerprint density at radius 1 is 0.969 bits per heavy atom. The highest BCUT2D eigenvalue weighted by atomic mass is 32.1. The number of nitrogens with zero attached hydrogens (tertiary/aromatic N) is 3. The van der Waals surface area contributed by atoms with E-state index in [1.807, 2.05) is 40.6 Å². The number of piperazine rings is 1. The second kappa shape index (κ2) is 10.1. The van der Waals surface area contributed by atoms with Crippen LogP contribution in [0.5, 0.6) is 0 Å². The van der Waals surface area contributed by atoms with Crippen molar-refractivity contribution in [3.05, 3.63) is 87.9 Å². The van der Waals surface area contributed by atoms with Crippen LogP contribution in [-0.4, -0.2) is 54.8 Å². The smallest absolute Gasteiger partial charge is 0.268 e. The SMILES string of the molecule is CN1CCN(C(=O)Cc2ccc(N(Cc3cccc(F)c3)C(=O)c3cccs3)cc2)CC1. The average molecular weight is 452 g/mol. The van der Waals surface area contributed by atoms with E-state index in [0.29, 0.717) is 22.5 Å². The van der Waals surface area contributed by atoms with Gasteiger partial charge in [0.25, 0.3) is 5.91 Å². The highest BCUT2D eigenvalue weighted by Gasteiger charge is 2.21. The lowest BCUT2D eigenvalue weighted by molar-refractivity contribution is -0.132. The first-order valence-electron chi connectivity index (χ1n) is 10.6. The number of rotatable bonds is 6. The highest BCUT2D eigenvalue weighted by molar-refractivity contribution is 7.12. The number of halogens is 1. The molecule has 4 rings (SSSR count). The minimum atomic E-state index is -0.330. The third-order valence-electron chi connectivity index (χ3n) is 5.67. The van der Waals surface area contributed by atoms with Crippen LogP contribution in [0, 0.1) is 5.82 Å². The van der Waals surface area contributed by atoms with Crippen LogP contribution < -0.4 is 4.90 Å². The van der Waals surface area contributed by atoms with Gasteiger partial charge in [-0.05, 0) is 53.9 Å². The van der Waals surface area contributed by atoms with Gasteiger partial charge in [0.2, 0.25) is 5.91 Å². The fourth-order valence-electron chi connectivity index (χ4n) is 3.77. The zero-order valence-electron chi connectivity index (χ0n) is 18.0. The van der Waals surface area contributed by atoms with Crippen LogP contribution in [0.25, 0.3) is 0 Å². The molecule has 2 amide bonds. The molecule has 0 unspecified atom stereocenters. The first-order valence-corrected chi connectivity index (χ1v) is 11.5. The van der Waals surface area contributed by atoms with Crippen molar-refractivity contribution in [2.45, 2.75) is 13.0 Å². The molecule has 7 heteroatoms. The molecule has 2 heterocycles. The number of amides is 2. The van der Waals surface area contributed by atoms with E-state index in [2.05, 4.69) is 11.9 Å². The Balaban J connectivity index is 1.51. The lowest BCUT2D eigenvalue weighted by Crippen LogP contribution is -2.47. The van der Waals surface area contributed by atoms with Crippen molar-refractivity contribution in [3.8, 4) is 0 Å². The average Bonchev–Trinajstić information content (AvgIpc) is 3.33. The number of hydrogen-bond acceptors (Lipinski definition) is 4. The van der Waals surface area contributed by atoms with Gasteiger partial charge in [-0.15, -0.1) is 11.3 Å². The summed E-state index contributed by atoms with van der Waals surface area (Å²) in [6.07, 6.45) is 0.340. The number of hydrogen-bond donors (Lipinski definition) is 0. The van der Waals surface area contributed by atoms with Gasteiger partial charge in [-0.3, -0.25) is 9.59 Å².